The van der Waals surface area contributed by atoms with Crippen LogP contribution in [0.2, 0.25) is 0 Å². The summed E-state index contributed by atoms with van der Waals surface area (Å²) in [5.74, 6) is 0.248. The van der Waals surface area contributed by atoms with E-state index in [0.29, 0.717) is 0 Å². The molecule has 3 unspecified atom stereocenters. The lowest BCUT2D eigenvalue weighted by molar-refractivity contribution is 0.321. The molecule has 0 bridgehead atoms. The normalized spacial score (nSPS) is 33.6. The number of hydrogen-bond donors (Lipinski definition) is 0. The van der Waals surface area contributed by atoms with E-state index in [4.69, 9.17) is 0 Å². The Morgan fingerprint density at radius 2 is 1.28 bits per heavy atom. The Morgan fingerprint density at radius 1 is 0.800 bits per heavy atom. The molecule has 0 aliphatic heterocycles. The van der Waals surface area contributed by atoms with Crippen LogP contribution in [0, 0.1) is 5.92 Å². The highest BCUT2D eigenvalue weighted by molar-refractivity contribution is 9.35. The van der Waals surface area contributed by atoms with E-state index in [-0.39, 0.29) is 10.7 Å². The minimum atomic E-state index is -0.633. The molecule has 0 radical (unpaired) electrons. The average Bonchev–Trinajstić information content (AvgIpc) is 2.52. The Kier molecular flexibility index (Phi) is 8.61. The Labute approximate surface area is 232 Å². The summed E-state index contributed by atoms with van der Waals surface area (Å²) in [6.07, 6.45) is 0.914. The van der Waals surface area contributed by atoms with Gasteiger partial charge in [-0.3, -0.25) is 0 Å². The monoisotopic (exact) mass is 981 g/mol. The Morgan fingerprint density at radius 3 is 1.76 bits per heavy atom. The summed E-state index contributed by atoms with van der Waals surface area (Å²) in [6, 6.07) is 10.5. The van der Waals surface area contributed by atoms with Gasteiger partial charge >= 0.3 is 0 Å². The first-order valence-corrected chi connectivity index (χ1v) is 15.1. The van der Waals surface area contributed by atoms with Crippen LogP contribution in [-0.2, 0) is 6.42 Å². The molecule has 0 saturated heterocycles. The maximum absolute atomic E-state index is 4.11. The molecule has 2 rings (SSSR count). The fraction of sp³-hybridized carbons (Fsp3) is 0.600. The molecule has 1 aromatic carbocycles. The van der Waals surface area contributed by atoms with E-state index in [0.717, 1.165) is 6.42 Å². The molecule has 0 spiro atoms. The first kappa shape index (κ1) is 25.3. The van der Waals surface area contributed by atoms with Crippen LogP contribution in [0.3, 0.4) is 0 Å². The van der Waals surface area contributed by atoms with Crippen molar-refractivity contribution in [1.82, 2.24) is 0 Å². The van der Waals surface area contributed by atoms with Crippen LogP contribution in [0.1, 0.15) is 12.5 Å². The number of benzene rings is 1. The molecular formula is C15H12Br10. The first-order chi connectivity index (χ1) is 11.2. The molecule has 0 aromatic heterocycles. The van der Waals surface area contributed by atoms with Gasteiger partial charge in [0.2, 0.25) is 0 Å². The van der Waals surface area contributed by atoms with Crippen molar-refractivity contribution < 1.29 is 0 Å². The van der Waals surface area contributed by atoms with Gasteiger partial charge in [0.15, 0.2) is 0 Å². The smallest absolute Gasteiger partial charge is 0.0849 e. The second-order valence-electron chi connectivity index (χ2n) is 6.07. The van der Waals surface area contributed by atoms with Crippen LogP contribution < -0.4 is 0 Å². The first-order valence-electron chi connectivity index (χ1n) is 7.03. The Balaban J connectivity index is 2.57. The van der Waals surface area contributed by atoms with E-state index in [1.54, 1.807) is 0 Å². The highest BCUT2D eigenvalue weighted by Crippen LogP contribution is 2.78. The predicted molar refractivity (Wildman–Crippen MR) is 146 cm³/mol. The van der Waals surface area contributed by atoms with Crippen molar-refractivity contribution in [3.8, 4) is 0 Å². The molecule has 1 aliphatic carbocycles. The van der Waals surface area contributed by atoms with Gasteiger partial charge in [-0.1, -0.05) is 197 Å². The average molecular weight is 991 g/mol. The second kappa shape index (κ2) is 8.51. The largest absolute Gasteiger partial charge is 0.134 e. The third-order valence-electron chi connectivity index (χ3n) is 4.48. The van der Waals surface area contributed by atoms with Crippen molar-refractivity contribution in [3.05, 3.63) is 35.9 Å². The molecular weight excluding hydrogens is 979 g/mol. The van der Waals surface area contributed by atoms with Crippen LogP contribution in [0.5, 0.6) is 0 Å². The summed E-state index contributed by atoms with van der Waals surface area (Å²) in [4.78, 5) is -0.0352. The van der Waals surface area contributed by atoms with Crippen molar-refractivity contribution in [3.63, 3.8) is 0 Å². The van der Waals surface area contributed by atoms with Crippen molar-refractivity contribution >= 4 is 159 Å². The summed E-state index contributed by atoms with van der Waals surface area (Å²) in [6.45, 7) is 2.24. The quantitative estimate of drug-likeness (QED) is 0.265. The lowest BCUT2D eigenvalue weighted by atomic mass is 9.77. The van der Waals surface area contributed by atoms with Crippen LogP contribution in [0.25, 0.3) is 0 Å². The maximum atomic E-state index is 4.11. The highest BCUT2D eigenvalue weighted by Gasteiger charge is 2.80. The Bertz CT molecular complexity index is 626. The summed E-state index contributed by atoms with van der Waals surface area (Å²) in [7, 11) is 0. The van der Waals surface area contributed by atoms with Gasteiger partial charge in [-0.2, -0.15) is 0 Å². The van der Waals surface area contributed by atoms with Gasteiger partial charge in [0.1, 0.15) is 12.9 Å². The standard InChI is InChI=1S/C15H12Br10/c1-8(7-9-5-3-2-4-6-9)11(17)10(16)12(18,19)14(22,23)15(24,25)13(11,20)21/h2-6,8,10H,7H2,1H3. The van der Waals surface area contributed by atoms with Crippen molar-refractivity contribution in [2.75, 3.05) is 0 Å². The van der Waals surface area contributed by atoms with E-state index < -0.39 is 17.3 Å². The Hall–Kier alpha value is 4.02. The molecule has 1 saturated carbocycles. The molecule has 25 heavy (non-hydrogen) atoms. The van der Waals surface area contributed by atoms with Crippen LogP contribution in [0.15, 0.2) is 30.3 Å². The van der Waals surface area contributed by atoms with Crippen molar-refractivity contribution in [2.24, 2.45) is 5.92 Å². The van der Waals surface area contributed by atoms with Gasteiger partial charge in [0, 0.05) is 0 Å². The zero-order valence-electron chi connectivity index (χ0n) is 12.5. The van der Waals surface area contributed by atoms with Gasteiger partial charge in [-0.05, 0) is 17.9 Å². The number of rotatable bonds is 3. The third-order valence-corrected chi connectivity index (χ3v) is 26.4. The molecule has 0 nitrogen and oxygen atoms in total. The molecule has 0 amide bonds. The van der Waals surface area contributed by atoms with Crippen molar-refractivity contribution in [1.29, 1.82) is 0 Å². The van der Waals surface area contributed by atoms with E-state index in [1.807, 2.05) is 6.07 Å². The number of alkyl halides is 10. The predicted octanol–water partition coefficient (Wildman–Crippen LogP) is 9.72. The van der Waals surface area contributed by atoms with E-state index in [2.05, 4.69) is 190 Å². The lowest BCUT2D eigenvalue weighted by Crippen LogP contribution is -2.76. The molecule has 1 aromatic rings. The van der Waals surface area contributed by atoms with E-state index >= 15 is 0 Å². The zero-order chi connectivity index (χ0) is 19.5. The molecule has 3 atom stereocenters. The van der Waals surface area contributed by atoms with Gasteiger partial charge in [0.25, 0.3) is 0 Å². The fourth-order valence-electron chi connectivity index (χ4n) is 2.90. The number of halogens is 10. The molecule has 1 aliphatic rings. The second-order valence-corrected chi connectivity index (χ2v) is 22.2. The van der Waals surface area contributed by atoms with Gasteiger partial charge in [-0.25, -0.2) is 0 Å². The molecule has 0 heterocycles. The van der Waals surface area contributed by atoms with Gasteiger partial charge < -0.3 is 0 Å². The number of hydrogen-bond acceptors (Lipinski definition) is 0. The summed E-state index contributed by atoms with van der Waals surface area (Å²) >= 11 is 39.2. The minimum Gasteiger partial charge on any atom is -0.0849 e. The maximum Gasteiger partial charge on any atom is 0.134 e. The minimum absolute atomic E-state index is 0.0352. The zero-order valence-corrected chi connectivity index (χ0v) is 28.4. The lowest BCUT2D eigenvalue weighted by Gasteiger charge is -2.64. The molecule has 0 N–H and O–H groups in total. The third kappa shape index (κ3) is 3.87. The van der Waals surface area contributed by atoms with Crippen LogP contribution >= 0.6 is 159 Å². The van der Waals surface area contributed by atoms with Gasteiger partial charge in [0.05, 0.1) is 9.15 Å². The molecule has 142 valence electrons. The SMILES string of the molecule is CC(Cc1ccccc1)C1(Br)C(Br)C(Br)(Br)C(Br)(Br)C(Br)(Br)C1(Br)Br. The summed E-state index contributed by atoms with van der Waals surface area (Å²) in [5, 5.41) is 0. The summed E-state index contributed by atoms with van der Waals surface area (Å²) in [5.41, 5.74) is 1.29. The molecule has 10 heteroatoms. The van der Waals surface area contributed by atoms with Crippen LogP contribution in [-0.4, -0.2) is 22.1 Å². The van der Waals surface area contributed by atoms with Gasteiger partial charge in [-0.15, -0.1) is 0 Å². The van der Waals surface area contributed by atoms with Crippen molar-refractivity contribution in [2.45, 2.75) is 35.4 Å². The molecule has 1 fully saturated rings. The van der Waals surface area contributed by atoms with E-state index in [1.165, 1.54) is 5.56 Å². The van der Waals surface area contributed by atoms with E-state index in [9.17, 15) is 0 Å². The topological polar surface area (TPSA) is 0 Å². The van der Waals surface area contributed by atoms with Crippen LogP contribution in [0.4, 0.5) is 0 Å². The highest BCUT2D eigenvalue weighted by atomic mass is 79.9. The fourth-order valence-corrected chi connectivity index (χ4v) is 14.8. The summed E-state index contributed by atoms with van der Waals surface area (Å²) < 4.78 is -2.78.